The van der Waals surface area contributed by atoms with Crippen LogP contribution in [0.15, 0.2) is 77.6 Å². The number of nitrogens with one attached hydrogen (secondary N) is 1. The Bertz CT molecular complexity index is 1450. The fourth-order valence-corrected chi connectivity index (χ4v) is 4.17. The summed E-state index contributed by atoms with van der Waals surface area (Å²) in [6, 6.07) is 24.9. The summed E-state index contributed by atoms with van der Waals surface area (Å²) in [7, 11) is 3.61. The third-order valence-electron chi connectivity index (χ3n) is 5.82. The Morgan fingerprint density at radius 1 is 0.839 bits per heavy atom. The Labute approximate surface area is 180 Å². The van der Waals surface area contributed by atoms with Gasteiger partial charge in [0.2, 0.25) is 0 Å². The predicted octanol–water partition coefficient (Wildman–Crippen LogP) is 4.83. The minimum absolute atomic E-state index is 0.0274. The number of aromatic amines is 1. The van der Waals surface area contributed by atoms with Gasteiger partial charge in [0.1, 0.15) is 5.82 Å². The first-order valence-corrected chi connectivity index (χ1v) is 10.4. The molecule has 31 heavy (non-hydrogen) atoms. The first kappa shape index (κ1) is 19.1. The van der Waals surface area contributed by atoms with E-state index in [0.29, 0.717) is 0 Å². The van der Waals surface area contributed by atoms with E-state index in [9.17, 15) is 4.79 Å². The number of fused-ring (bicyclic) bond motifs is 1. The van der Waals surface area contributed by atoms with Crippen molar-refractivity contribution in [3.8, 4) is 22.5 Å². The number of hydrogen-bond acceptors (Lipinski definition) is 2. The first-order valence-electron chi connectivity index (χ1n) is 10.4. The molecule has 0 spiro atoms. The Morgan fingerprint density at radius 2 is 1.61 bits per heavy atom. The molecule has 5 heteroatoms. The van der Waals surface area contributed by atoms with E-state index in [2.05, 4.69) is 60.4 Å². The molecule has 5 rings (SSSR count). The standard InChI is InChI=1S/C26H24N4O/c1-17-8-7-11-19(14-17)24-25(28-23(27-24)15-18-9-5-4-6-10-18)20-12-13-21-22(16-20)30(3)26(31)29(21)2/h4-14,16H,15H2,1-3H3,(H,27,28). The van der Waals surface area contributed by atoms with Crippen molar-refractivity contribution < 1.29 is 0 Å². The molecule has 0 aliphatic carbocycles. The van der Waals surface area contributed by atoms with E-state index in [1.165, 1.54) is 11.1 Å². The summed E-state index contributed by atoms with van der Waals surface area (Å²) >= 11 is 0. The number of nitrogens with zero attached hydrogens (tertiary/aromatic N) is 3. The minimum atomic E-state index is -0.0274. The number of aryl methyl sites for hydroxylation is 3. The molecule has 2 heterocycles. The van der Waals surface area contributed by atoms with E-state index in [1.54, 1.807) is 16.2 Å². The molecule has 0 unspecified atom stereocenters. The summed E-state index contributed by atoms with van der Waals surface area (Å²) in [4.78, 5) is 20.9. The van der Waals surface area contributed by atoms with E-state index >= 15 is 0 Å². The third-order valence-corrected chi connectivity index (χ3v) is 5.82. The molecule has 0 fully saturated rings. The highest BCUT2D eigenvalue weighted by Gasteiger charge is 2.17. The van der Waals surface area contributed by atoms with Crippen LogP contribution in [-0.2, 0) is 20.5 Å². The number of H-pyrrole nitrogens is 1. The molecule has 0 bridgehead atoms. The highest BCUT2D eigenvalue weighted by atomic mass is 16.1. The van der Waals surface area contributed by atoms with Crippen LogP contribution in [0.1, 0.15) is 17.0 Å². The average Bonchev–Trinajstić information content (AvgIpc) is 3.30. The smallest absolute Gasteiger partial charge is 0.328 e. The van der Waals surface area contributed by atoms with Gasteiger partial charge in [0.15, 0.2) is 0 Å². The lowest BCUT2D eigenvalue weighted by atomic mass is 10.0. The molecule has 154 valence electrons. The zero-order chi connectivity index (χ0) is 21.5. The molecule has 2 aromatic heterocycles. The molecular formula is C26H24N4O. The lowest BCUT2D eigenvalue weighted by molar-refractivity contribution is 0.795. The lowest BCUT2D eigenvalue weighted by Crippen LogP contribution is -2.19. The van der Waals surface area contributed by atoms with Crippen LogP contribution in [0.25, 0.3) is 33.5 Å². The Kier molecular flexibility index (Phi) is 4.59. The molecule has 0 amide bonds. The van der Waals surface area contributed by atoms with Crippen molar-refractivity contribution >= 4 is 11.0 Å². The van der Waals surface area contributed by atoms with Crippen LogP contribution >= 0.6 is 0 Å². The van der Waals surface area contributed by atoms with Gasteiger partial charge in [-0.25, -0.2) is 9.78 Å². The molecule has 0 atom stereocenters. The number of hydrogen-bond donors (Lipinski definition) is 1. The summed E-state index contributed by atoms with van der Waals surface area (Å²) in [6.45, 7) is 2.09. The van der Waals surface area contributed by atoms with Gasteiger partial charge in [-0.05, 0) is 30.7 Å². The maximum atomic E-state index is 12.4. The van der Waals surface area contributed by atoms with Crippen molar-refractivity contribution in [1.29, 1.82) is 0 Å². The lowest BCUT2D eigenvalue weighted by Gasteiger charge is -2.05. The van der Waals surface area contributed by atoms with Crippen molar-refractivity contribution in [2.45, 2.75) is 13.3 Å². The van der Waals surface area contributed by atoms with Gasteiger partial charge >= 0.3 is 5.69 Å². The summed E-state index contributed by atoms with van der Waals surface area (Å²) in [5.74, 6) is 0.916. The van der Waals surface area contributed by atoms with E-state index in [1.807, 2.05) is 31.3 Å². The molecule has 1 N–H and O–H groups in total. The van der Waals surface area contributed by atoms with Gasteiger partial charge in [-0.1, -0.05) is 60.2 Å². The van der Waals surface area contributed by atoms with Crippen LogP contribution in [0.4, 0.5) is 0 Å². The third kappa shape index (κ3) is 3.38. The van der Waals surface area contributed by atoms with Gasteiger partial charge in [0.25, 0.3) is 0 Å². The van der Waals surface area contributed by atoms with Gasteiger partial charge in [-0.3, -0.25) is 9.13 Å². The van der Waals surface area contributed by atoms with Crippen molar-refractivity contribution in [1.82, 2.24) is 19.1 Å². The second kappa shape index (κ2) is 7.43. The second-order valence-corrected chi connectivity index (χ2v) is 8.04. The number of benzene rings is 3. The van der Waals surface area contributed by atoms with Crippen LogP contribution in [0.2, 0.25) is 0 Å². The summed E-state index contributed by atoms with van der Waals surface area (Å²) in [5.41, 5.74) is 8.17. The summed E-state index contributed by atoms with van der Waals surface area (Å²) < 4.78 is 3.36. The molecule has 0 saturated heterocycles. The highest BCUT2D eigenvalue weighted by Crippen LogP contribution is 2.32. The molecule has 0 saturated carbocycles. The molecule has 0 aliphatic rings. The Morgan fingerprint density at radius 3 is 2.39 bits per heavy atom. The largest absolute Gasteiger partial charge is 0.341 e. The van der Waals surface area contributed by atoms with Crippen LogP contribution in [0.3, 0.4) is 0 Å². The van der Waals surface area contributed by atoms with Gasteiger partial charge in [-0.15, -0.1) is 0 Å². The topological polar surface area (TPSA) is 55.6 Å². The SMILES string of the molecule is Cc1cccc(-c2nc(Cc3ccccc3)[nH]c2-c2ccc3c(c2)n(C)c(=O)n3C)c1. The van der Waals surface area contributed by atoms with Crippen LogP contribution in [-0.4, -0.2) is 19.1 Å². The second-order valence-electron chi connectivity index (χ2n) is 8.04. The van der Waals surface area contributed by atoms with Gasteiger partial charge in [-0.2, -0.15) is 0 Å². The maximum absolute atomic E-state index is 12.4. The normalized spacial score (nSPS) is 11.3. The number of rotatable bonds is 4. The van der Waals surface area contributed by atoms with Gasteiger partial charge in [0.05, 0.1) is 22.4 Å². The number of aromatic nitrogens is 4. The summed E-state index contributed by atoms with van der Waals surface area (Å²) in [6.07, 6.45) is 0.728. The van der Waals surface area contributed by atoms with Gasteiger partial charge < -0.3 is 4.98 Å². The molecule has 5 aromatic rings. The van der Waals surface area contributed by atoms with Crippen LogP contribution < -0.4 is 5.69 Å². The fraction of sp³-hybridized carbons (Fsp3) is 0.154. The van der Waals surface area contributed by atoms with Crippen LogP contribution in [0, 0.1) is 6.92 Å². The molecule has 0 radical (unpaired) electrons. The van der Waals surface area contributed by atoms with Crippen molar-refractivity contribution in [2.75, 3.05) is 0 Å². The van der Waals surface area contributed by atoms with E-state index < -0.39 is 0 Å². The minimum Gasteiger partial charge on any atom is -0.341 e. The van der Waals surface area contributed by atoms with Gasteiger partial charge in [0, 0.05) is 31.6 Å². The molecule has 5 nitrogen and oxygen atoms in total. The highest BCUT2D eigenvalue weighted by molar-refractivity contribution is 5.86. The quantitative estimate of drug-likeness (QED) is 0.463. The Balaban J connectivity index is 1.68. The number of imidazole rings is 2. The van der Waals surface area contributed by atoms with E-state index in [4.69, 9.17) is 4.98 Å². The molecular weight excluding hydrogens is 384 g/mol. The van der Waals surface area contributed by atoms with Crippen LogP contribution in [0.5, 0.6) is 0 Å². The molecule has 0 aliphatic heterocycles. The summed E-state index contributed by atoms with van der Waals surface area (Å²) in [5, 5.41) is 0. The zero-order valence-corrected chi connectivity index (χ0v) is 17.9. The maximum Gasteiger partial charge on any atom is 0.328 e. The van der Waals surface area contributed by atoms with E-state index in [0.717, 1.165) is 45.8 Å². The zero-order valence-electron chi connectivity index (χ0n) is 17.9. The van der Waals surface area contributed by atoms with E-state index in [-0.39, 0.29) is 5.69 Å². The predicted molar refractivity (Wildman–Crippen MR) is 125 cm³/mol. The first-order chi connectivity index (χ1) is 15.0. The molecule has 3 aromatic carbocycles. The monoisotopic (exact) mass is 408 g/mol. The fourth-order valence-electron chi connectivity index (χ4n) is 4.17. The Hall–Kier alpha value is -3.86. The average molecular weight is 409 g/mol. The van der Waals surface area contributed by atoms with Crippen molar-refractivity contribution in [3.63, 3.8) is 0 Å². The van der Waals surface area contributed by atoms with Crippen molar-refractivity contribution in [2.24, 2.45) is 14.1 Å². The van der Waals surface area contributed by atoms with Crippen molar-refractivity contribution in [3.05, 3.63) is 100 Å².